The number of carbonyl (C=O) groups is 1. The molecule has 1 aliphatic carbocycles. The predicted octanol–water partition coefficient (Wildman–Crippen LogP) is 2.44. The molecular weight excluding hydrogens is 256 g/mol. The Morgan fingerprint density at radius 2 is 1.95 bits per heavy atom. The van der Waals surface area contributed by atoms with E-state index in [-0.39, 0.29) is 6.10 Å². The van der Waals surface area contributed by atoms with Crippen LogP contribution in [-0.2, 0) is 20.9 Å². The van der Waals surface area contributed by atoms with Crippen molar-refractivity contribution in [2.24, 2.45) is 0 Å². The standard InChI is InChI=1S/C16H22O4/c1-2-19-15(17)16(18)10-8-14(9-11-16)20-12-13-6-4-3-5-7-13/h3-7,14,18H,2,8-12H2,1H3/t14-,16+. The Labute approximate surface area is 119 Å². The number of ether oxygens (including phenoxy) is 2. The van der Waals surface area contributed by atoms with Crippen LogP contribution >= 0.6 is 0 Å². The molecule has 0 amide bonds. The summed E-state index contributed by atoms with van der Waals surface area (Å²) in [7, 11) is 0. The number of aliphatic hydroxyl groups is 1. The van der Waals surface area contributed by atoms with Gasteiger partial charge in [-0.3, -0.25) is 0 Å². The van der Waals surface area contributed by atoms with Crippen molar-refractivity contribution in [2.75, 3.05) is 6.61 Å². The van der Waals surface area contributed by atoms with Gasteiger partial charge in [0.25, 0.3) is 0 Å². The molecule has 2 rings (SSSR count). The maximum atomic E-state index is 11.7. The Hall–Kier alpha value is -1.39. The predicted molar refractivity (Wildman–Crippen MR) is 75.1 cm³/mol. The molecule has 0 unspecified atom stereocenters. The normalized spacial score (nSPS) is 26.2. The highest BCUT2D eigenvalue weighted by Gasteiger charge is 2.41. The van der Waals surface area contributed by atoms with Crippen molar-refractivity contribution in [3.63, 3.8) is 0 Å². The molecule has 0 bridgehead atoms. The summed E-state index contributed by atoms with van der Waals surface area (Å²) in [6, 6.07) is 10.00. The van der Waals surface area contributed by atoms with Gasteiger partial charge in [-0.25, -0.2) is 4.79 Å². The third-order valence-corrected chi connectivity index (χ3v) is 3.74. The summed E-state index contributed by atoms with van der Waals surface area (Å²) in [5.74, 6) is -0.499. The van der Waals surface area contributed by atoms with Gasteiger partial charge in [0.1, 0.15) is 0 Å². The van der Waals surface area contributed by atoms with Crippen LogP contribution < -0.4 is 0 Å². The van der Waals surface area contributed by atoms with Crippen LogP contribution in [0.3, 0.4) is 0 Å². The average molecular weight is 278 g/mol. The first-order valence-corrected chi connectivity index (χ1v) is 7.19. The zero-order valence-electron chi connectivity index (χ0n) is 11.9. The fourth-order valence-electron chi connectivity index (χ4n) is 2.49. The van der Waals surface area contributed by atoms with Gasteiger partial charge in [0.15, 0.2) is 5.60 Å². The van der Waals surface area contributed by atoms with E-state index in [1.54, 1.807) is 6.92 Å². The summed E-state index contributed by atoms with van der Waals surface area (Å²) in [4.78, 5) is 11.7. The van der Waals surface area contributed by atoms with Gasteiger partial charge in [-0.05, 0) is 38.2 Å². The van der Waals surface area contributed by atoms with Gasteiger partial charge in [-0.1, -0.05) is 30.3 Å². The van der Waals surface area contributed by atoms with Crippen LogP contribution in [0.4, 0.5) is 0 Å². The van der Waals surface area contributed by atoms with Crippen molar-refractivity contribution in [2.45, 2.75) is 50.9 Å². The van der Waals surface area contributed by atoms with Gasteiger partial charge in [-0.15, -0.1) is 0 Å². The third-order valence-electron chi connectivity index (χ3n) is 3.74. The highest BCUT2D eigenvalue weighted by molar-refractivity contribution is 5.79. The zero-order valence-corrected chi connectivity index (χ0v) is 11.9. The first-order chi connectivity index (χ1) is 9.64. The molecule has 0 spiro atoms. The largest absolute Gasteiger partial charge is 0.464 e. The molecule has 1 aromatic carbocycles. The summed E-state index contributed by atoms with van der Waals surface area (Å²) in [6.07, 6.45) is 2.28. The summed E-state index contributed by atoms with van der Waals surface area (Å²) >= 11 is 0. The number of carbonyl (C=O) groups excluding carboxylic acids is 1. The molecular formula is C16H22O4. The maximum absolute atomic E-state index is 11.7. The molecule has 0 aromatic heterocycles. The Bertz CT molecular complexity index is 421. The van der Waals surface area contributed by atoms with Gasteiger partial charge >= 0.3 is 5.97 Å². The van der Waals surface area contributed by atoms with E-state index in [4.69, 9.17) is 9.47 Å². The van der Waals surface area contributed by atoms with E-state index < -0.39 is 11.6 Å². The van der Waals surface area contributed by atoms with E-state index >= 15 is 0 Å². The van der Waals surface area contributed by atoms with Crippen molar-refractivity contribution in [3.05, 3.63) is 35.9 Å². The molecule has 0 aliphatic heterocycles. The third kappa shape index (κ3) is 3.81. The van der Waals surface area contributed by atoms with E-state index in [1.165, 1.54) is 0 Å². The molecule has 1 aliphatic rings. The van der Waals surface area contributed by atoms with E-state index in [1.807, 2.05) is 30.3 Å². The number of rotatable bonds is 5. The maximum Gasteiger partial charge on any atom is 0.338 e. The van der Waals surface area contributed by atoms with Crippen LogP contribution in [0, 0.1) is 0 Å². The molecule has 1 aromatic rings. The van der Waals surface area contributed by atoms with Crippen molar-refractivity contribution < 1.29 is 19.4 Å². The van der Waals surface area contributed by atoms with Crippen LogP contribution in [-0.4, -0.2) is 29.4 Å². The average Bonchev–Trinajstić information content (AvgIpc) is 2.48. The number of benzene rings is 1. The molecule has 0 saturated heterocycles. The lowest BCUT2D eigenvalue weighted by Gasteiger charge is -2.33. The summed E-state index contributed by atoms with van der Waals surface area (Å²) < 4.78 is 10.8. The fraction of sp³-hybridized carbons (Fsp3) is 0.562. The van der Waals surface area contributed by atoms with E-state index in [0.717, 1.165) is 5.56 Å². The summed E-state index contributed by atoms with van der Waals surface area (Å²) in [5.41, 5.74) is -0.179. The zero-order chi connectivity index (χ0) is 14.4. The minimum Gasteiger partial charge on any atom is -0.464 e. The van der Waals surface area contributed by atoms with Crippen LogP contribution in [0.25, 0.3) is 0 Å². The topological polar surface area (TPSA) is 55.8 Å². The number of hydrogen-bond donors (Lipinski definition) is 1. The SMILES string of the molecule is CCOC(=O)[C@]1(O)CC[C@@H](OCc2ccccc2)CC1. The lowest BCUT2D eigenvalue weighted by molar-refractivity contribution is -0.171. The Morgan fingerprint density at radius 1 is 1.30 bits per heavy atom. The first kappa shape index (κ1) is 15.0. The van der Waals surface area contributed by atoms with E-state index in [0.29, 0.717) is 38.9 Å². The van der Waals surface area contributed by atoms with Gasteiger partial charge in [0.2, 0.25) is 0 Å². The molecule has 1 saturated carbocycles. The lowest BCUT2D eigenvalue weighted by Crippen LogP contribution is -2.44. The molecule has 0 atom stereocenters. The molecule has 1 N–H and O–H groups in total. The van der Waals surface area contributed by atoms with Crippen LogP contribution in [0.5, 0.6) is 0 Å². The Balaban J connectivity index is 1.78. The van der Waals surface area contributed by atoms with Crippen molar-refractivity contribution in [1.82, 2.24) is 0 Å². The van der Waals surface area contributed by atoms with Gasteiger partial charge in [0.05, 0.1) is 19.3 Å². The van der Waals surface area contributed by atoms with Gasteiger partial charge < -0.3 is 14.6 Å². The second-order valence-corrected chi connectivity index (χ2v) is 5.25. The highest BCUT2D eigenvalue weighted by atomic mass is 16.5. The monoisotopic (exact) mass is 278 g/mol. The number of hydrogen-bond acceptors (Lipinski definition) is 4. The van der Waals surface area contributed by atoms with Crippen LogP contribution in [0.1, 0.15) is 38.2 Å². The molecule has 1 fully saturated rings. The first-order valence-electron chi connectivity index (χ1n) is 7.19. The van der Waals surface area contributed by atoms with Gasteiger partial charge in [0, 0.05) is 0 Å². The van der Waals surface area contributed by atoms with Gasteiger partial charge in [-0.2, -0.15) is 0 Å². The number of esters is 1. The Kier molecular flexibility index (Phi) is 5.15. The second kappa shape index (κ2) is 6.86. The molecule has 110 valence electrons. The minimum absolute atomic E-state index is 0.102. The van der Waals surface area contributed by atoms with Crippen molar-refractivity contribution in [3.8, 4) is 0 Å². The summed E-state index contributed by atoms with van der Waals surface area (Å²) in [6.45, 7) is 2.62. The van der Waals surface area contributed by atoms with Crippen molar-refractivity contribution >= 4 is 5.97 Å². The smallest absolute Gasteiger partial charge is 0.338 e. The molecule has 4 nitrogen and oxygen atoms in total. The Morgan fingerprint density at radius 3 is 2.55 bits per heavy atom. The van der Waals surface area contributed by atoms with E-state index in [2.05, 4.69) is 0 Å². The highest BCUT2D eigenvalue weighted by Crippen LogP contribution is 2.31. The van der Waals surface area contributed by atoms with E-state index in [9.17, 15) is 9.90 Å². The molecule has 0 radical (unpaired) electrons. The minimum atomic E-state index is -1.32. The van der Waals surface area contributed by atoms with Crippen LogP contribution in [0.2, 0.25) is 0 Å². The molecule has 4 heteroatoms. The second-order valence-electron chi connectivity index (χ2n) is 5.25. The van der Waals surface area contributed by atoms with Crippen molar-refractivity contribution in [1.29, 1.82) is 0 Å². The van der Waals surface area contributed by atoms with Crippen LogP contribution in [0.15, 0.2) is 30.3 Å². The fourth-order valence-corrected chi connectivity index (χ4v) is 2.49. The molecule has 20 heavy (non-hydrogen) atoms. The lowest BCUT2D eigenvalue weighted by atomic mass is 9.83. The summed E-state index contributed by atoms with van der Waals surface area (Å²) in [5, 5.41) is 10.2. The quantitative estimate of drug-likeness (QED) is 0.841. The molecule has 0 heterocycles.